The second kappa shape index (κ2) is 18.4. The molecule has 260 valence electrons. The second-order valence-corrected chi connectivity index (χ2v) is 12.3. The summed E-state index contributed by atoms with van der Waals surface area (Å²) in [6.07, 6.45) is 1.47. The van der Waals surface area contributed by atoms with Crippen molar-refractivity contribution in [2.75, 3.05) is 26.7 Å². The second-order valence-electron chi connectivity index (χ2n) is 12.3. The topological polar surface area (TPSA) is 212 Å². The minimum atomic E-state index is -1.15. The third-order valence-corrected chi connectivity index (χ3v) is 7.95. The molecule has 2 aromatic carbocycles. The van der Waals surface area contributed by atoms with Gasteiger partial charge in [-0.2, -0.15) is 0 Å². The third kappa shape index (κ3) is 11.7. The van der Waals surface area contributed by atoms with Crippen molar-refractivity contribution in [3.63, 3.8) is 0 Å². The molecule has 0 spiro atoms. The maximum Gasteiger partial charge on any atom is 0.245 e. The third-order valence-electron chi connectivity index (χ3n) is 7.95. The van der Waals surface area contributed by atoms with E-state index in [9.17, 15) is 33.9 Å². The van der Waals surface area contributed by atoms with Crippen molar-refractivity contribution in [1.82, 2.24) is 31.5 Å². The molecule has 48 heavy (non-hydrogen) atoms. The van der Waals surface area contributed by atoms with Gasteiger partial charge in [0.1, 0.15) is 29.9 Å². The molecule has 2 aromatic rings. The largest absolute Gasteiger partial charge is 0.508 e. The number of aromatic hydroxyl groups is 1. The average Bonchev–Trinajstić information content (AvgIpc) is 3.05. The molecule has 8 N–H and O–H groups in total. The molecule has 3 rings (SSSR count). The molecule has 1 fully saturated rings. The van der Waals surface area contributed by atoms with Gasteiger partial charge in [-0.25, -0.2) is 0 Å². The summed E-state index contributed by atoms with van der Waals surface area (Å²) in [6, 6.07) is 10.8. The number of hydrogen-bond acceptors (Lipinski definition) is 8. The number of carbonyl (C=O) groups excluding carboxylic acids is 6. The van der Waals surface area contributed by atoms with Gasteiger partial charge in [-0.05, 0) is 55.0 Å². The molecule has 1 saturated heterocycles. The smallest absolute Gasteiger partial charge is 0.245 e. The number of nitrogens with two attached hydrogens (primary N) is 1. The van der Waals surface area contributed by atoms with Gasteiger partial charge in [0.25, 0.3) is 0 Å². The van der Waals surface area contributed by atoms with E-state index in [1.54, 1.807) is 50.2 Å². The Morgan fingerprint density at radius 1 is 0.750 bits per heavy atom. The van der Waals surface area contributed by atoms with Crippen LogP contribution in [0.5, 0.6) is 5.75 Å². The highest BCUT2D eigenvalue weighted by Crippen LogP contribution is 2.13. The van der Waals surface area contributed by atoms with Crippen molar-refractivity contribution in [1.29, 1.82) is 0 Å². The molecule has 0 saturated carbocycles. The molecule has 0 radical (unpaired) electrons. The lowest BCUT2D eigenvalue weighted by Crippen LogP contribution is -2.60. The van der Waals surface area contributed by atoms with E-state index in [-0.39, 0.29) is 30.9 Å². The zero-order chi connectivity index (χ0) is 35.2. The molecule has 6 amide bonds. The molecule has 0 aromatic heterocycles. The Hall–Kier alpha value is -4.98. The van der Waals surface area contributed by atoms with Crippen LogP contribution in [0, 0.1) is 5.92 Å². The number of likely N-dealkylation sites (N-methyl/N-ethyl adjacent to an activating group) is 1. The number of nitrogens with one attached hydrogen (secondary N) is 5. The lowest BCUT2D eigenvalue weighted by molar-refractivity contribution is -0.140. The summed E-state index contributed by atoms with van der Waals surface area (Å²) in [5.41, 5.74) is 7.01. The number of carbonyl (C=O) groups is 6. The van der Waals surface area contributed by atoms with Crippen molar-refractivity contribution in [3.8, 4) is 5.75 Å². The van der Waals surface area contributed by atoms with Crippen LogP contribution in [-0.4, -0.2) is 96.3 Å². The van der Waals surface area contributed by atoms with E-state index < -0.39 is 72.7 Å². The maximum absolute atomic E-state index is 13.8. The summed E-state index contributed by atoms with van der Waals surface area (Å²) in [7, 11) is 1.41. The standard InChI is InChI=1S/C34H47N7O7/c1-21(2)30-33(47)39-27(18-22-9-5-4-6-10-22)34(48)41(3)20-29(44)38-26(17-23-12-14-24(42)15-13-23)31(45)36-19-28(43)37-25(32(46)40-30)11-7-8-16-35/h4-6,9-10,12-15,21,25-27,30,42H,7-8,11,16-20,35H2,1-3H3,(H,36,45)(H,37,43)(H,38,44)(H,39,47)(H,40,46). The fraction of sp³-hybridized carbons (Fsp3) is 0.471. The van der Waals surface area contributed by atoms with E-state index >= 15 is 0 Å². The first-order chi connectivity index (χ1) is 22.9. The van der Waals surface area contributed by atoms with Gasteiger partial charge in [-0.1, -0.05) is 56.3 Å². The number of benzene rings is 2. The number of nitrogens with zero attached hydrogens (tertiary/aromatic N) is 1. The van der Waals surface area contributed by atoms with E-state index in [4.69, 9.17) is 5.73 Å². The number of hydrogen-bond donors (Lipinski definition) is 7. The van der Waals surface area contributed by atoms with Crippen LogP contribution in [0.4, 0.5) is 0 Å². The number of phenols is 1. The van der Waals surface area contributed by atoms with Crippen LogP contribution in [0.2, 0.25) is 0 Å². The Balaban J connectivity index is 1.96. The van der Waals surface area contributed by atoms with E-state index in [0.717, 1.165) is 10.5 Å². The molecule has 14 heteroatoms. The Kier molecular flexibility index (Phi) is 14.4. The van der Waals surface area contributed by atoms with Gasteiger partial charge in [-0.15, -0.1) is 0 Å². The van der Waals surface area contributed by atoms with Crippen molar-refractivity contribution >= 4 is 35.4 Å². The van der Waals surface area contributed by atoms with Gasteiger partial charge in [0.2, 0.25) is 35.4 Å². The van der Waals surface area contributed by atoms with E-state index in [2.05, 4.69) is 26.6 Å². The summed E-state index contributed by atoms with van der Waals surface area (Å²) in [6.45, 7) is 2.94. The molecule has 1 aliphatic heterocycles. The van der Waals surface area contributed by atoms with Gasteiger partial charge in [0.05, 0.1) is 13.1 Å². The van der Waals surface area contributed by atoms with Crippen molar-refractivity contribution < 1.29 is 33.9 Å². The van der Waals surface area contributed by atoms with Crippen LogP contribution in [-0.2, 0) is 41.6 Å². The minimum Gasteiger partial charge on any atom is -0.508 e. The highest BCUT2D eigenvalue weighted by atomic mass is 16.3. The average molecular weight is 666 g/mol. The van der Waals surface area contributed by atoms with Crippen LogP contribution >= 0.6 is 0 Å². The minimum absolute atomic E-state index is 0.0184. The molecule has 4 atom stereocenters. The van der Waals surface area contributed by atoms with Gasteiger partial charge in [0.15, 0.2) is 0 Å². The molecule has 1 heterocycles. The van der Waals surface area contributed by atoms with E-state index in [1.165, 1.54) is 19.2 Å². The van der Waals surface area contributed by atoms with Crippen molar-refractivity contribution in [2.24, 2.45) is 11.7 Å². The fourth-order valence-corrected chi connectivity index (χ4v) is 5.27. The molecule has 0 bridgehead atoms. The van der Waals surface area contributed by atoms with E-state index in [0.29, 0.717) is 24.9 Å². The monoisotopic (exact) mass is 665 g/mol. The Morgan fingerprint density at radius 2 is 1.38 bits per heavy atom. The first kappa shape index (κ1) is 37.5. The van der Waals surface area contributed by atoms with Gasteiger partial charge < -0.3 is 42.3 Å². The predicted molar refractivity (Wildman–Crippen MR) is 178 cm³/mol. The lowest BCUT2D eigenvalue weighted by atomic mass is 9.99. The lowest BCUT2D eigenvalue weighted by Gasteiger charge is -2.29. The predicted octanol–water partition coefficient (Wildman–Crippen LogP) is -0.510. The highest BCUT2D eigenvalue weighted by Gasteiger charge is 2.33. The highest BCUT2D eigenvalue weighted by molar-refractivity contribution is 5.97. The Morgan fingerprint density at radius 3 is 2.02 bits per heavy atom. The number of rotatable bonds is 9. The van der Waals surface area contributed by atoms with Crippen molar-refractivity contribution in [2.45, 2.75) is 70.1 Å². The zero-order valence-corrected chi connectivity index (χ0v) is 27.7. The van der Waals surface area contributed by atoms with Gasteiger partial charge in [0, 0.05) is 19.9 Å². The quantitative estimate of drug-likeness (QED) is 0.173. The van der Waals surface area contributed by atoms with Crippen LogP contribution in [0.15, 0.2) is 54.6 Å². The molecule has 4 unspecified atom stereocenters. The van der Waals surface area contributed by atoms with Gasteiger partial charge >= 0.3 is 0 Å². The zero-order valence-electron chi connectivity index (χ0n) is 27.7. The summed E-state index contributed by atoms with van der Waals surface area (Å²) < 4.78 is 0. The number of unbranched alkanes of at least 4 members (excludes halogenated alkanes) is 1. The summed E-state index contributed by atoms with van der Waals surface area (Å²) in [5.74, 6) is -4.07. The normalized spacial score (nSPS) is 22.1. The maximum atomic E-state index is 13.8. The van der Waals surface area contributed by atoms with Crippen LogP contribution in [0.3, 0.4) is 0 Å². The Bertz CT molecular complexity index is 1420. The molecule has 0 aliphatic carbocycles. The number of amides is 6. The van der Waals surface area contributed by atoms with Crippen molar-refractivity contribution in [3.05, 3.63) is 65.7 Å². The first-order valence-corrected chi connectivity index (χ1v) is 16.1. The van der Waals surface area contributed by atoms with Crippen LogP contribution < -0.4 is 32.3 Å². The SMILES string of the molecule is CC(C)C1NC(=O)C(CCCCN)NC(=O)CNC(=O)C(Cc2ccc(O)cc2)NC(=O)CN(C)C(=O)C(Cc2ccccc2)NC1=O. The van der Waals surface area contributed by atoms with Crippen LogP contribution in [0.25, 0.3) is 0 Å². The molecular weight excluding hydrogens is 618 g/mol. The summed E-state index contributed by atoms with van der Waals surface area (Å²) >= 11 is 0. The molecule has 1 aliphatic rings. The summed E-state index contributed by atoms with van der Waals surface area (Å²) in [4.78, 5) is 81.6. The molecule has 14 nitrogen and oxygen atoms in total. The Labute approximate surface area is 280 Å². The molecular formula is C34H47N7O7. The van der Waals surface area contributed by atoms with E-state index in [1.807, 2.05) is 6.07 Å². The van der Waals surface area contributed by atoms with Gasteiger partial charge in [-0.3, -0.25) is 28.8 Å². The first-order valence-electron chi connectivity index (χ1n) is 16.1. The summed E-state index contributed by atoms with van der Waals surface area (Å²) in [5, 5.41) is 23.0. The van der Waals surface area contributed by atoms with Crippen LogP contribution in [0.1, 0.15) is 44.2 Å². The fourth-order valence-electron chi connectivity index (χ4n) is 5.27. The number of phenolic OH excluding ortho intramolecular Hbond substituents is 1.